The average molecular weight is 626 g/mol. The molecule has 1 aliphatic heterocycles. The van der Waals surface area contributed by atoms with Crippen LogP contribution in [-0.2, 0) is 10.1 Å². The third kappa shape index (κ3) is 7.40. The highest BCUT2D eigenvalue weighted by Crippen LogP contribution is 2.37. The lowest BCUT2D eigenvalue weighted by molar-refractivity contribution is -0.907. The van der Waals surface area contributed by atoms with E-state index in [1.807, 2.05) is 12.1 Å². The fourth-order valence-electron chi connectivity index (χ4n) is 6.14. The minimum absolute atomic E-state index is 0.164. The van der Waals surface area contributed by atoms with Crippen LogP contribution in [0.25, 0.3) is 0 Å². The molecule has 3 aromatic rings. The van der Waals surface area contributed by atoms with Gasteiger partial charge in [0, 0.05) is 17.9 Å². The molecule has 1 heterocycles. The monoisotopic (exact) mass is 625 g/mol. The quantitative estimate of drug-likeness (QED) is 0.201. The molecule has 1 unspecified atom stereocenters. The average Bonchev–Trinajstić information content (AvgIpc) is 2.99. The number of piperidine rings is 1. The van der Waals surface area contributed by atoms with E-state index in [2.05, 4.69) is 69.3 Å². The summed E-state index contributed by atoms with van der Waals surface area (Å²) >= 11 is 0. The number of nitrogens with one attached hydrogen (secondary N) is 1. The van der Waals surface area contributed by atoms with Gasteiger partial charge in [-0.25, -0.2) is 8.42 Å². The summed E-state index contributed by atoms with van der Waals surface area (Å²) in [6.07, 6.45) is 3.64. The number of nitriles is 1. The molecular weight excluding hydrogens is 594 g/mol. The summed E-state index contributed by atoms with van der Waals surface area (Å²) in [6.45, 7) is 7.11. The highest BCUT2D eigenvalue weighted by Gasteiger charge is 2.44. The van der Waals surface area contributed by atoms with E-state index >= 15 is 0 Å². The maximum Gasteiger partial charge on any atom is 0.300 e. The van der Waals surface area contributed by atoms with Gasteiger partial charge in [-0.05, 0) is 43.0 Å². The number of rotatable bonds is 8. The van der Waals surface area contributed by atoms with Gasteiger partial charge in [-0.2, -0.15) is 5.26 Å². The van der Waals surface area contributed by atoms with Gasteiger partial charge >= 0.3 is 11.4 Å². The zero-order valence-electron chi connectivity index (χ0n) is 24.2. The van der Waals surface area contributed by atoms with Crippen LogP contribution in [0.3, 0.4) is 0 Å². The van der Waals surface area contributed by atoms with Crippen molar-refractivity contribution in [2.45, 2.75) is 57.0 Å². The van der Waals surface area contributed by atoms with Gasteiger partial charge in [0.05, 0.1) is 44.6 Å². The van der Waals surface area contributed by atoms with Crippen LogP contribution in [-0.4, -0.2) is 33.8 Å². The number of hydrogen-bond acceptors (Lipinski definition) is 10. The first-order valence-corrected chi connectivity index (χ1v) is 15.1. The van der Waals surface area contributed by atoms with E-state index in [1.165, 1.54) is 30.5 Å². The molecule has 4 rings (SSSR count). The Kier molecular flexibility index (Phi) is 10.8. The van der Waals surface area contributed by atoms with Gasteiger partial charge in [-0.15, -0.1) is 0 Å². The van der Waals surface area contributed by atoms with Crippen molar-refractivity contribution in [2.75, 3.05) is 0 Å². The van der Waals surface area contributed by atoms with Crippen molar-refractivity contribution in [3.05, 3.63) is 108 Å². The van der Waals surface area contributed by atoms with Crippen molar-refractivity contribution in [2.24, 2.45) is 11.8 Å². The maximum absolute atomic E-state index is 10.8. The molecule has 3 aromatic carbocycles. The Morgan fingerprint density at radius 2 is 1.43 bits per heavy atom. The molecule has 15 heteroatoms. The molecule has 0 radical (unpaired) electrons. The molecule has 1 saturated heterocycles. The first-order chi connectivity index (χ1) is 20.7. The molecule has 0 amide bonds. The highest BCUT2D eigenvalue weighted by molar-refractivity contribution is 7.86. The SMILES string of the molecule is CC[C@@H]1[C@@H](C)C[C@H](c2ccc(C#N)cc2)[NH+](c2ccccc2)[C@H]1CC.O=[N+]([O-])c1cc([N+](=O)[O-])c(S(=O)(=O)[O-])c([N+](=O)[O-])c1. The van der Waals surface area contributed by atoms with E-state index in [9.17, 15) is 43.3 Å². The minimum Gasteiger partial charge on any atom is -0.744 e. The Morgan fingerprint density at radius 1 is 0.886 bits per heavy atom. The Hall–Kier alpha value is -4.78. The number of nitro groups is 3. The number of non-ortho nitro benzene ring substituents is 1. The molecule has 14 nitrogen and oxygen atoms in total. The molecule has 1 fully saturated rings. The molecule has 1 N–H and O–H groups in total. The zero-order valence-corrected chi connectivity index (χ0v) is 25.0. The van der Waals surface area contributed by atoms with Gasteiger partial charge in [0.15, 0.2) is 0 Å². The Morgan fingerprint density at radius 3 is 1.84 bits per heavy atom. The van der Waals surface area contributed by atoms with Crippen LogP contribution >= 0.6 is 0 Å². The molecule has 5 atom stereocenters. The molecule has 0 aliphatic carbocycles. The molecule has 0 aromatic heterocycles. The number of nitrogens with zero attached hydrogens (tertiary/aromatic N) is 4. The summed E-state index contributed by atoms with van der Waals surface area (Å²) in [5.74, 6) is 1.48. The summed E-state index contributed by atoms with van der Waals surface area (Å²) in [5.41, 5.74) is -0.614. The van der Waals surface area contributed by atoms with Crippen molar-refractivity contribution in [3.8, 4) is 6.07 Å². The normalized spacial score (nSPS) is 21.3. The second kappa shape index (κ2) is 14.1. The Bertz CT molecular complexity index is 1640. The lowest BCUT2D eigenvalue weighted by atomic mass is 9.73. The molecular formula is C29H31N5O9S. The van der Waals surface area contributed by atoms with Crippen LogP contribution in [0.5, 0.6) is 0 Å². The van der Waals surface area contributed by atoms with E-state index in [0.717, 1.165) is 17.4 Å². The topological polar surface area (TPSA) is 215 Å². The molecule has 1 aliphatic rings. The summed E-state index contributed by atoms with van der Waals surface area (Å²) in [4.78, 5) is 27.4. The van der Waals surface area contributed by atoms with Gasteiger partial charge in [0.2, 0.25) is 4.90 Å². The van der Waals surface area contributed by atoms with Crippen LogP contribution < -0.4 is 4.90 Å². The van der Waals surface area contributed by atoms with Gasteiger partial charge < -0.3 is 4.55 Å². The Balaban J connectivity index is 0.000000251. The molecule has 0 bridgehead atoms. The summed E-state index contributed by atoms with van der Waals surface area (Å²) in [7, 11) is -5.55. The van der Waals surface area contributed by atoms with E-state index in [4.69, 9.17) is 5.26 Å². The highest BCUT2D eigenvalue weighted by atomic mass is 32.2. The third-order valence-corrected chi connectivity index (χ3v) is 8.90. The van der Waals surface area contributed by atoms with Crippen LogP contribution in [0.15, 0.2) is 71.6 Å². The number of quaternary nitrogens is 1. The van der Waals surface area contributed by atoms with Crippen LogP contribution in [0.4, 0.5) is 22.7 Å². The predicted octanol–water partition coefficient (Wildman–Crippen LogP) is 4.98. The molecule has 0 saturated carbocycles. The first-order valence-electron chi connectivity index (χ1n) is 13.7. The van der Waals surface area contributed by atoms with Gasteiger partial charge in [0.25, 0.3) is 5.69 Å². The zero-order chi connectivity index (χ0) is 32.8. The van der Waals surface area contributed by atoms with Gasteiger partial charge in [-0.1, -0.05) is 51.1 Å². The summed E-state index contributed by atoms with van der Waals surface area (Å²) in [5, 5.41) is 40.7. The van der Waals surface area contributed by atoms with Crippen LogP contribution in [0.2, 0.25) is 0 Å². The van der Waals surface area contributed by atoms with Crippen molar-refractivity contribution >= 4 is 32.9 Å². The van der Waals surface area contributed by atoms with Crippen molar-refractivity contribution in [1.29, 1.82) is 5.26 Å². The van der Waals surface area contributed by atoms with Crippen molar-refractivity contribution in [3.63, 3.8) is 0 Å². The Labute approximate surface area is 253 Å². The second-order valence-corrected chi connectivity index (χ2v) is 11.8. The first kappa shape index (κ1) is 33.7. The van der Waals surface area contributed by atoms with Crippen LogP contribution in [0, 0.1) is 53.5 Å². The molecule has 44 heavy (non-hydrogen) atoms. The lowest BCUT2D eigenvalue weighted by Gasteiger charge is -2.46. The van der Waals surface area contributed by atoms with E-state index in [0.29, 0.717) is 12.1 Å². The molecule has 0 spiro atoms. The smallest absolute Gasteiger partial charge is 0.300 e. The fourth-order valence-corrected chi connectivity index (χ4v) is 6.92. The largest absolute Gasteiger partial charge is 0.744 e. The van der Waals surface area contributed by atoms with Gasteiger partial charge in [-0.3, -0.25) is 35.2 Å². The fraction of sp³-hybridized carbons (Fsp3) is 0.345. The third-order valence-electron chi connectivity index (χ3n) is 7.98. The van der Waals surface area contributed by atoms with E-state index < -0.39 is 46.8 Å². The predicted molar refractivity (Wildman–Crippen MR) is 157 cm³/mol. The van der Waals surface area contributed by atoms with Gasteiger partial charge in [0.1, 0.15) is 21.8 Å². The summed E-state index contributed by atoms with van der Waals surface area (Å²) in [6, 6.07) is 22.9. The van der Waals surface area contributed by atoms with E-state index in [1.54, 1.807) is 4.90 Å². The van der Waals surface area contributed by atoms with Crippen LogP contribution in [0.1, 0.15) is 57.2 Å². The lowest BCUT2D eigenvalue weighted by Crippen LogP contribution is -3.13. The maximum atomic E-state index is 10.8. The minimum atomic E-state index is -5.55. The number of benzene rings is 3. The number of para-hydroxylation sites is 1. The number of hydrogen-bond donors (Lipinski definition) is 1. The summed E-state index contributed by atoms with van der Waals surface area (Å²) < 4.78 is 32.5. The molecule has 232 valence electrons. The van der Waals surface area contributed by atoms with Crippen molar-refractivity contribution in [1.82, 2.24) is 0 Å². The standard InChI is InChI=1S/C23H28N2.C6H3N3O9S/c1-4-21-17(3)15-23(19-13-11-18(16-24)12-14-19)25(22(21)5-2)20-9-7-6-8-10-20;10-7(11)3-1-4(8(12)13)6(19(16,17)18)5(2-3)9(14)15/h6-14,17,21-23H,4-5,15H2,1-3H3;1-2H,(H,16,17,18)/t17-,21+,22-,23+;/m0./s1. The second-order valence-electron chi connectivity index (χ2n) is 10.4. The number of nitro benzene ring substituents is 3. The van der Waals surface area contributed by atoms with Crippen molar-refractivity contribution < 1.29 is 32.6 Å². The van der Waals surface area contributed by atoms with E-state index in [-0.39, 0.29) is 12.1 Å².